The van der Waals surface area contributed by atoms with Crippen LogP contribution >= 0.6 is 0 Å². The Kier molecular flexibility index (Phi) is 3.87. The van der Waals surface area contributed by atoms with E-state index in [1.54, 1.807) is 35.6 Å². The molecule has 0 fully saturated rings. The van der Waals surface area contributed by atoms with Gasteiger partial charge in [-0.2, -0.15) is 8.78 Å². The zero-order valence-electron chi connectivity index (χ0n) is 8.09. The second-order valence-electron chi connectivity index (χ2n) is 3.09. The minimum absolute atomic E-state index is 0.206. The summed E-state index contributed by atoms with van der Waals surface area (Å²) in [6.45, 7) is -0.206. The van der Waals surface area contributed by atoms with Crippen LogP contribution in [-0.4, -0.2) is 18.3 Å². The van der Waals surface area contributed by atoms with Crippen LogP contribution in [0.25, 0.3) is 0 Å². The molecule has 0 aromatic heterocycles. The maximum absolute atomic E-state index is 12.5. The molecule has 16 heavy (non-hydrogen) atoms. The molecule has 1 aromatic carbocycles. The number of alkyl halides is 4. The van der Waals surface area contributed by atoms with Crippen molar-refractivity contribution in [2.45, 2.75) is 18.9 Å². The van der Waals surface area contributed by atoms with E-state index in [1.165, 1.54) is 0 Å². The molecule has 1 aromatic rings. The van der Waals surface area contributed by atoms with Gasteiger partial charge < -0.3 is 5.32 Å². The molecule has 0 saturated heterocycles. The van der Waals surface area contributed by atoms with E-state index in [1.807, 2.05) is 0 Å². The number of halogens is 4. The average molecular weight is 235 g/mol. The van der Waals surface area contributed by atoms with E-state index in [-0.39, 0.29) is 6.54 Å². The SMILES string of the molecule is O=C(NCc1ccccc1)C(F)(F)C(F)F. The summed E-state index contributed by atoms with van der Waals surface area (Å²) in [5.74, 6) is -6.61. The maximum Gasteiger partial charge on any atom is 0.383 e. The van der Waals surface area contributed by atoms with E-state index in [0.717, 1.165) is 0 Å². The predicted molar refractivity (Wildman–Crippen MR) is 49.2 cm³/mol. The first-order chi connectivity index (χ1) is 7.44. The summed E-state index contributed by atoms with van der Waals surface area (Å²) in [4.78, 5) is 10.7. The molecule has 1 amide bonds. The third-order valence-corrected chi connectivity index (χ3v) is 1.87. The third kappa shape index (κ3) is 2.95. The highest BCUT2D eigenvalue weighted by atomic mass is 19.3. The molecule has 6 heteroatoms. The average Bonchev–Trinajstić information content (AvgIpc) is 2.27. The molecular weight excluding hydrogens is 226 g/mol. The first-order valence-corrected chi connectivity index (χ1v) is 4.42. The highest BCUT2D eigenvalue weighted by Gasteiger charge is 2.48. The van der Waals surface area contributed by atoms with Crippen molar-refractivity contribution in [1.82, 2.24) is 5.32 Å². The number of hydrogen-bond acceptors (Lipinski definition) is 1. The second kappa shape index (κ2) is 4.96. The number of carbonyl (C=O) groups excluding carboxylic acids is 1. The van der Waals surface area contributed by atoms with Crippen molar-refractivity contribution in [1.29, 1.82) is 0 Å². The molecule has 0 heterocycles. The molecule has 0 saturated carbocycles. The highest BCUT2D eigenvalue weighted by molar-refractivity contribution is 5.83. The smallest absolute Gasteiger partial charge is 0.347 e. The molecule has 0 unspecified atom stereocenters. The van der Waals surface area contributed by atoms with Crippen molar-refractivity contribution in [2.75, 3.05) is 0 Å². The fraction of sp³-hybridized carbons (Fsp3) is 0.300. The van der Waals surface area contributed by atoms with Crippen molar-refractivity contribution in [3.05, 3.63) is 35.9 Å². The zero-order valence-corrected chi connectivity index (χ0v) is 8.09. The summed E-state index contributed by atoms with van der Waals surface area (Å²) in [6, 6.07) is 8.17. The van der Waals surface area contributed by atoms with E-state index >= 15 is 0 Å². The van der Waals surface area contributed by atoms with Crippen LogP contribution in [0.1, 0.15) is 5.56 Å². The van der Waals surface area contributed by atoms with E-state index in [2.05, 4.69) is 0 Å². The Bertz CT molecular complexity index is 353. The minimum atomic E-state index is -4.64. The molecule has 0 aliphatic rings. The molecule has 1 rings (SSSR count). The van der Waals surface area contributed by atoms with Crippen molar-refractivity contribution in [2.24, 2.45) is 0 Å². The van der Waals surface area contributed by atoms with E-state index in [4.69, 9.17) is 0 Å². The van der Waals surface area contributed by atoms with Gasteiger partial charge in [-0.05, 0) is 5.56 Å². The molecule has 0 spiro atoms. The molecular formula is C10H9F4NO. The Balaban J connectivity index is 2.54. The number of amides is 1. The summed E-state index contributed by atoms with van der Waals surface area (Å²) in [6.07, 6.45) is -4.00. The highest BCUT2D eigenvalue weighted by Crippen LogP contribution is 2.22. The van der Waals surface area contributed by atoms with Gasteiger partial charge in [0, 0.05) is 6.54 Å². The standard InChI is InChI=1S/C10H9F4NO/c11-8(12)10(13,14)9(16)15-6-7-4-2-1-3-5-7/h1-5,8H,6H2,(H,15,16). The molecule has 0 atom stereocenters. The fourth-order valence-electron chi connectivity index (χ4n) is 0.995. The fourth-order valence-corrected chi connectivity index (χ4v) is 0.995. The van der Waals surface area contributed by atoms with Gasteiger partial charge in [0.15, 0.2) is 0 Å². The largest absolute Gasteiger partial charge is 0.383 e. The lowest BCUT2D eigenvalue weighted by Crippen LogP contribution is -2.44. The second-order valence-corrected chi connectivity index (χ2v) is 3.09. The third-order valence-electron chi connectivity index (χ3n) is 1.87. The van der Waals surface area contributed by atoms with Gasteiger partial charge in [-0.1, -0.05) is 30.3 Å². The summed E-state index contributed by atoms with van der Waals surface area (Å²) in [5, 5.41) is 1.75. The summed E-state index contributed by atoms with van der Waals surface area (Å²) in [5.41, 5.74) is 0.556. The zero-order chi connectivity index (χ0) is 12.2. The summed E-state index contributed by atoms with van der Waals surface area (Å²) in [7, 11) is 0. The molecule has 1 N–H and O–H groups in total. The van der Waals surface area contributed by atoms with Gasteiger partial charge in [-0.25, -0.2) is 8.78 Å². The number of carbonyl (C=O) groups is 1. The van der Waals surface area contributed by atoms with Gasteiger partial charge in [0.05, 0.1) is 0 Å². The van der Waals surface area contributed by atoms with Crippen molar-refractivity contribution < 1.29 is 22.4 Å². The van der Waals surface area contributed by atoms with Gasteiger partial charge in [-0.15, -0.1) is 0 Å². The lowest BCUT2D eigenvalue weighted by molar-refractivity contribution is -0.169. The summed E-state index contributed by atoms with van der Waals surface area (Å²) < 4.78 is 48.5. The number of rotatable bonds is 4. The van der Waals surface area contributed by atoms with Crippen molar-refractivity contribution >= 4 is 5.91 Å². The van der Waals surface area contributed by atoms with Crippen LogP contribution in [-0.2, 0) is 11.3 Å². The topological polar surface area (TPSA) is 29.1 Å². The van der Waals surface area contributed by atoms with Gasteiger partial charge >= 0.3 is 12.3 Å². The van der Waals surface area contributed by atoms with Crippen LogP contribution in [0.15, 0.2) is 30.3 Å². The lowest BCUT2D eigenvalue weighted by atomic mass is 10.2. The molecule has 0 aliphatic heterocycles. The molecule has 0 radical (unpaired) electrons. The van der Waals surface area contributed by atoms with Crippen LogP contribution < -0.4 is 5.32 Å². The minimum Gasteiger partial charge on any atom is -0.347 e. The number of nitrogens with one attached hydrogen (secondary N) is 1. The van der Waals surface area contributed by atoms with Gasteiger partial charge in [0.2, 0.25) is 0 Å². The Hall–Kier alpha value is -1.59. The van der Waals surface area contributed by atoms with E-state index in [9.17, 15) is 22.4 Å². The Morgan fingerprint density at radius 1 is 1.25 bits per heavy atom. The maximum atomic E-state index is 12.5. The number of benzene rings is 1. The van der Waals surface area contributed by atoms with Crippen molar-refractivity contribution in [3.8, 4) is 0 Å². The van der Waals surface area contributed by atoms with Crippen LogP contribution in [0.5, 0.6) is 0 Å². The first kappa shape index (κ1) is 12.5. The predicted octanol–water partition coefficient (Wildman–Crippen LogP) is 2.20. The first-order valence-electron chi connectivity index (χ1n) is 4.42. The monoisotopic (exact) mass is 235 g/mol. The molecule has 0 bridgehead atoms. The molecule has 0 aliphatic carbocycles. The van der Waals surface area contributed by atoms with Gasteiger partial charge in [-0.3, -0.25) is 4.79 Å². The Morgan fingerprint density at radius 2 is 1.81 bits per heavy atom. The number of hydrogen-bond donors (Lipinski definition) is 1. The van der Waals surface area contributed by atoms with E-state index < -0.39 is 18.3 Å². The van der Waals surface area contributed by atoms with Crippen molar-refractivity contribution in [3.63, 3.8) is 0 Å². The Labute approximate surface area is 89.3 Å². The molecule has 88 valence electrons. The van der Waals surface area contributed by atoms with Crippen LogP contribution in [0.2, 0.25) is 0 Å². The lowest BCUT2D eigenvalue weighted by Gasteiger charge is -2.14. The van der Waals surface area contributed by atoms with Crippen LogP contribution in [0, 0.1) is 0 Å². The quantitative estimate of drug-likeness (QED) is 0.796. The van der Waals surface area contributed by atoms with E-state index in [0.29, 0.717) is 5.56 Å². The molecule has 2 nitrogen and oxygen atoms in total. The summed E-state index contributed by atoms with van der Waals surface area (Å²) >= 11 is 0. The van der Waals surface area contributed by atoms with Gasteiger partial charge in [0.25, 0.3) is 5.91 Å². The Morgan fingerprint density at radius 3 is 2.31 bits per heavy atom. The van der Waals surface area contributed by atoms with Crippen LogP contribution in [0.3, 0.4) is 0 Å². The van der Waals surface area contributed by atoms with Crippen LogP contribution in [0.4, 0.5) is 17.6 Å². The van der Waals surface area contributed by atoms with Gasteiger partial charge in [0.1, 0.15) is 0 Å². The normalized spacial score (nSPS) is 11.6.